The first-order chi connectivity index (χ1) is 17.4. The number of para-hydroxylation sites is 1. The number of nitrogens with zero attached hydrogens (tertiary/aromatic N) is 1. The van der Waals surface area contributed by atoms with Crippen LogP contribution in [0, 0.1) is 20.8 Å². The van der Waals surface area contributed by atoms with Crippen LogP contribution >= 0.6 is 0 Å². The monoisotopic (exact) mass is 509 g/mol. The normalized spacial score (nSPS) is 15.2. The number of amides is 3. The summed E-state index contributed by atoms with van der Waals surface area (Å²) in [5.74, 6) is -0.879. The van der Waals surface area contributed by atoms with Crippen LogP contribution in [0.15, 0.2) is 42.5 Å². The van der Waals surface area contributed by atoms with E-state index in [2.05, 4.69) is 10.6 Å². The second-order valence-corrected chi connectivity index (χ2v) is 10.8. The van der Waals surface area contributed by atoms with E-state index in [1.165, 1.54) is 4.90 Å². The number of carbonyl (C=O) groups is 3. The van der Waals surface area contributed by atoms with Gasteiger partial charge in [0.05, 0.1) is 6.61 Å². The first-order valence-corrected chi connectivity index (χ1v) is 12.8. The van der Waals surface area contributed by atoms with Crippen molar-refractivity contribution in [3.8, 4) is 0 Å². The molecule has 0 saturated heterocycles. The highest BCUT2D eigenvalue weighted by atomic mass is 16.6. The van der Waals surface area contributed by atoms with E-state index < -0.39 is 36.3 Å². The van der Waals surface area contributed by atoms with Crippen LogP contribution < -0.4 is 10.6 Å². The molecule has 8 nitrogen and oxygen atoms in total. The van der Waals surface area contributed by atoms with Gasteiger partial charge in [-0.1, -0.05) is 48.0 Å². The molecule has 2 unspecified atom stereocenters. The number of aryl methyl sites for hydroxylation is 3. The number of rotatable bonds is 8. The Morgan fingerprint density at radius 1 is 1.03 bits per heavy atom. The van der Waals surface area contributed by atoms with E-state index >= 15 is 0 Å². The number of carbonyl (C=O) groups excluding carboxylic acids is 3. The Morgan fingerprint density at radius 2 is 1.62 bits per heavy atom. The fourth-order valence-electron chi connectivity index (χ4n) is 4.39. The van der Waals surface area contributed by atoms with Crippen LogP contribution in [0.25, 0.3) is 0 Å². The van der Waals surface area contributed by atoms with Crippen molar-refractivity contribution < 1.29 is 24.2 Å². The van der Waals surface area contributed by atoms with Crippen LogP contribution in [0.1, 0.15) is 68.3 Å². The third kappa shape index (κ3) is 7.10. The van der Waals surface area contributed by atoms with E-state index in [0.717, 1.165) is 36.0 Å². The highest BCUT2D eigenvalue weighted by molar-refractivity contribution is 6.00. The number of hydrogen-bond donors (Lipinski definition) is 3. The Labute approximate surface area is 219 Å². The predicted octanol–water partition coefficient (Wildman–Crippen LogP) is 4.56. The van der Waals surface area contributed by atoms with Crippen LogP contribution in [0.3, 0.4) is 0 Å². The summed E-state index contributed by atoms with van der Waals surface area (Å²) < 4.78 is 5.30. The van der Waals surface area contributed by atoms with Gasteiger partial charge in [0.25, 0.3) is 5.91 Å². The SMILES string of the molecule is Cc1ccc(C(C(=O)Nc2c(C)cccc2C)N(C(=O)C(CO)NC(=O)OC(C)(C)C)C2CCC2)cc1. The number of benzene rings is 2. The summed E-state index contributed by atoms with van der Waals surface area (Å²) in [4.78, 5) is 41.8. The molecule has 37 heavy (non-hydrogen) atoms. The van der Waals surface area contributed by atoms with Crippen molar-refractivity contribution in [1.29, 1.82) is 0 Å². The maximum Gasteiger partial charge on any atom is 0.408 e. The lowest BCUT2D eigenvalue weighted by atomic mass is 9.88. The van der Waals surface area contributed by atoms with E-state index in [0.29, 0.717) is 11.3 Å². The summed E-state index contributed by atoms with van der Waals surface area (Å²) in [6.45, 7) is 10.3. The lowest BCUT2D eigenvalue weighted by Gasteiger charge is -2.43. The molecule has 0 bridgehead atoms. The van der Waals surface area contributed by atoms with E-state index in [9.17, 15) is 19.5 Å². The molecule has 0 aromatic heterocycles. The maximum absolute atomic E-state index is 13.9. The van der Waals surface area contributed by atoms with Gasteiger partial charge in [0.1, 0.15) is 17.7 Å². The van der Waals surface area contributed by atoms with Gasteiger partial charge in [-0.25, -0.2) is 4.79 Å². The topological polar surface area (TPSA) is 108 Å². The fourth-order valence-corrected chi connectivity index (χ4v) is 4.39. The number of hydrogen-bond acceptors (Lipinski definition) is 5. The Hall–Kier alpha value is -3.39. The summed E-state index contributed by atoms with van der Waals surface area (Å²) >= 11 is 0. The van der Waals surface area contributed by atoms with Crippen LogP contribution in [0.2, 0.25) is 0 Å². The van der Waals surface area contributed by atoms with Crippen LogP contribution in [-0.4, -0.2) is 52.2 Å². The molecule has 200 valence electrons. The third-order valence-corrected chi connectivity index (χ3v) is 6.54. The quantitative estimate of drug-likeness (QED) is 0.484. The molecule has 1 saturated carbocycles. The third-order valence-electron chi connectivity index (χ3n) is 6.54. The minimum atomic E-state index is -1.25. The molecule has 2 atom stereocenters. The molecule has 3 N–H and O–H groups in total. The molecule has 8 heteroatoms. The molecular weight excluding hydrogens is 470 g/mol. The first kappa shape index (κ1) is 28.2. The van der Waals surface area contributed by atoms with E-state index in [1.807, 2.05) is 63.2 Å². The predicted molar refractivity (Wildman–Crippen MR) is 143 cm³/mol. The van der Waals surface area contributed by atoms with Gasteiger partial charge in [0, 0.05) is 11.7 Å². The number of anilines is 1. The summed E-state index contributed by atoms with van der Waals surface area (Å²) in [6.07, 6.45) is 1.59. The first-order valence-electron chi connectivity index (χ1n) is 12.8. The zero-order chi connectivity index (χ0) is 27.3. The standard InChI is InChI=1S/C29H39N3O5/c1-18-13-15-21(16-14-18)25(26(34)31-24-19(2)9-7-10-20(24)3)32(22-11-8-12-22)27(35)23(17-33)30-28(36)37-29(4,5)6/h7,9-10,13-16,22-23,25,33H,8,11-12,17H2,1-6H3,(H,30,36)(H,31,34). The zero-order valence-electron chi connectivity index (χ0n) is 22.6. The molecule has 2 aromatic carbocycles. The van der Waals surface area contributed by atoms with Crippen LogP contribution in [0.4, 0.5) is 10.5 Å². The van der Waals surface area contributed by atoms with Gasteiger partial charge in [0.15, 0.2) is 0 Å². The molecule has 1 fully saturated rings. The molecule has 1 aliphatic rings. The molecular formula is C29H39N3O5. The van der Waals surface area contributed by atoms with Gasteiger partial charge in [0.2, 0.25) is 5.91 Å². The highest BCUT2D eigenvalue weighted by Crippen LogP contribution is 2.35. The van der Waals surface area contributed by atoms with Crippen molar-refractivity contribution in [3.63, 3.8) is 0 Å². The number of aliphatic hydroxyl groups excluding tert-OH is 1. The number of alkyl carbamates (subject to hydrolysis) is 1. The van der Waals surface area contributed by atoms with Gasteiger partial charge < -0.3 is 25.4 Å². The van der Waals surface area contributed by atoms with E-state index in [1.54, 1.807) is 20.8 Å². The molecule has 2 aromatic rings. The summed E-state index contributed by atoms with van der Waals surface area (Å²) in [7, 11) is 0. The second-order valence-electron chi connectivity index (χ2n) is 10.8. The molecule has 3 rings (SSSR count). The number of nitrogens with one attached hydrogen (secondary N) is 2. The Morgan fingerprint density at radius 3 is 2.11 bits per heavy atom. The molecule has 3 amide bonds. The Kier molecular flexibility index (Phi) is 8.97. The Balaban J connectivity index is 2.00. The summed E-state index contributed by atoms with van der Waals surface area (Å²) in [5.41, 5.74) is 3.45. The van der Waals surface area contributed by atoms with Gasteiger partial charge in [-0.15, -0.1) is 0 Å². The average Bonchev–Trinajstić information content (AvgIpc) is 2.78. The fraction of sp³-hybridized carbons (Fsp3) is 0.483. The molecule has 0 radical (unpaired) electrons. The summed E-state index contributed by atoms with van der Waals surface area (Å²) in [6, 6.07) is 10.9. The van der Waals surface area contributed by atoms with E-state index in [4.69, 9.17) is 4.74 Å². The second kappa shape index (κ2) is 11.8. The van der Waals surface area contributed by atoms with Crippen LogP contribution in [0.5, 0.6) is 0 Å². The van der Waals surface area contributed by atoms with Gasteiger partial charge >= 0.3 is 6.09 Å². The zero-order valence-corrected chi connectivity index (χ0v) is 22.6. The maximum atomic E-state index is 13.9. The van der Waals surface area contributed by atoms with Crippen molar-refractivity contribution in [2.75, 3.05) is 11.9 Å². The van der Waals surface area contributed by atoms with Gasteiger partial charge in [-0.05, 0) is 77.5 Å². The molecule has 0 spiro atoms. The van der Waals surface area contributed by atoms with Crippen molar-refractivity contribution in [2.24, 2.45) is 0 Å². The number of aliphatic hydroxyl groups is 1. The lowest BCUT2D eigenvalue weighted by Crippen LogP contribution is -2.58. The van der Waals surface area contributed by atoms with Crippen molar-refractivity contribution in [1.82, 2.24) is 10.2 Å². The van der Waals surface area contributed by atoms with Crippen molar-refractivity contribution in [3.05, 3.63) is 64.7 Å². The van der Waals surface area contributed by atoms with Crippen molar-refractivity contribution in [2.45, 2.75) is 84.5 Å². The smallest absolute Gasteiger partial charge is 0.408 e. The van der Waals surface area contributed by atoms with Gasteiger partial charge in [-0.2, -0.15) is 0 Å². The number of ether oxygens (including phenoxy) is 1. The summed E-state index contributed by atoms with van der Waals surface area (Å²) in [5, 5.41) is 15.6. The lowest BCUT2D eigenvalue weighted by molar-refractivity contribution is -0.146. The highest BCUT2D eigenvalue weighted by Gasteiger charge is 2.42. The van der Waals surface area contributed by atoms with Gasteiger partial charge in [-0.3, -0.25) is 9.59 Å². The van der Waals surface area contributed by atoms with Crippen molar-refractivity contribution >= 4 is 23.6 Å². The molecule has 1 aliphatic carbocycles. The average molecular weight is 510 g/mol. The van der Waals surface area contributed by atoms with E-state index in [-0.39, 0.29) is 11.9 Å². The Bertz CT molecular complexity index is 1100. The molecule has 0 heterocycles. The minimum absolute atomic E-state index is 0.197. The largest absolute Gasteiger partial charge is 0.444 e. The minimum Gasteiger partial charge on any atom is -0.444 e. The molecule has 0 aliphatic heterocycles. The van der Waals surface area contributed by atoms with Crippen LogP contribution in [-0.2, 0) is 14.3 Å².